The largest absolute Gasteiger partial charge is 0.339 e. The van der Waals surface area contributed by atoms with Crippen molar-refractivity contribution in [3.05, 3.63) is 35.4 Å². The van der Waals surface area contributed by atoms with E-state index in [1.807, 2.05) is 17.0 Å². The van der Waals surface area contributed by atoms with E-state index in [1.165, 1.54) is 24.8 Å². The molecule has 1 amide bonds. The van der Waals surface area contributed by atoms with Crippen LogP contribution in [0.5, 0.6) is 0 Å². The SMILES string of the molecule is CCCC(C)(C)Cc1cccc(C(=O)N2CCCCC2)c1. The van der Waals surface area contributed by atoms with Crippen molar-refractivity contribution in [2.75, 3.05) is 13.1 Å². The van der Waals surface area contributed by atoms with Gasteiger partial charge in [-0.1, -0.05) is 39.3 Å². The highest BCUT2D eigenvalue weighted by Crippen LogP contribution is 2.27. The number of likely N-dealkylation sites (tertiary alicyclic amines) is 1. The molecule has 0 saturated carbocycles. The van der Waals surface area contributed by atoms with Crippen LogP contribution >= 0.6 is 0 Å². The number of rotatable bonds is 5. The maximum absolute atomic E-state index is 12.6. The van der Waals surface area contributed by atoms with Gasteiger partial charge in [0, 0.05) is 18.7 Å². The molecule has 1 aromatic rings. The molecule has 2 nitrogen and oxygen atoms in total. The monoisotopic (exact) mass is 287 g/mol. The third-order valence-corrected chi connectivity index (χ3v) is 4.43. The maximum atomic E-state index is 12.6. The molecule has 0 atom stereocenters. The quantitative estimate of drug-likeness (QED) is 0.770. The number of piperidine rings is 1. The number of hydrogen-bond donors (Lipinski definition) is 0. The molecule has 1 saturated heterocycles. The molecular formula is C19H29NO. The number of amides is 1. The van der Waals surface area contributed by atoms with Gasteiger partial charge in [0.05, 0.1) is 0 Å². The van der Waals surface area contributed by atoms with Crippen LogP contribution in [0, 0.1) is 5.41 Å². The van der Waals surface area contributed by atoms with Gasteiger partial charge < -0.3 is 4.90 Å². The van der Waals surface area contributed by atoms with Gasteiger partial charge in [-0.15, -0.1) is 0 Å². The van der Waals surface area contributed by atoms with E-state index in [4.69, 9.17) is 0 Å². The summed E-state index contributed by atoms with van der Waals surface area (Å²) in [5, 5.41) is 0. The summed E-state index contributed by atoms with van der Waals surface area (Å²) in [6.45, 7) is 8.71. The lowest BCUT2D eigenvalue weighted by Crippen LogP contribution is -2.35. The standard InChI is InChI=1S/C19H29NO/c1-4-11-19(2,3)15-16-9-8-10-17(14-16)18(21)20-12-6-5-7-13-20/h8-10,14H,4-7,11-13,15H2,1-3H3. The summed E-state index contributed by atoms with van der Waals surface area (Å²) in [6.07, 6.45) is 7.03. The molecule has 0 aromatic heterocycles. The Bertz CT molecular complexity index is 472. The summed E-state index contributed by atoms with van der Waals surface area (Å²) in [5.74, 6) is 0.213. The molecule has 1 heterocycles. The smallest absolute Gasteiger partial charge is 0.253 e. The molecule has 1 aliphatic rings. The first-order valence-corrected chi connectivity index (χ1v) is 8.40. The van der Waals surface area contributed by atoms with Gasteiger partial charge in [0.25, 0.3) is 5.91 Å². The van der Waals surface area contributed by atoms with Crippen molar-refractivity contribution in [2.45, 2.75) is 59.3 Å². The van der Waals surface area contributed by atoms with Crippen LogP contribution in [0.1, 0.15) is 68.8 Å². The first-order chi connectivity index (χ1) is 10.0. The van der Waals surface area contributed by atoms with Crippen molar-refractivity contribution in [2.24, 2.45) is 5.41 Å². The molecule has 2 heteroatoms. The Hall–Kier alpha value is -1.31. The molecule has 1 aliphatic heterocycles. The fraction of sp³-hybridized carbons (Fsp3) is 0.632. The van der Waals surface area contributed by atoms with Gasteiger partial charge in [0.2, 0.25) is 0 Å². The summed E-state index contributed by atoms with van der Waals surface area (Å²) in [6, 6.07) is 8.26. The van der Waals surface area contributed by atoms with E-state index in [-0.39, 0.29) is 5.91 Å². The number of carbonyl (C=O) groups excluding carboxylic acids is 1. The molecule has 1 aromatic carbocycles. The highest BCUT2D eigenvalue weighted by molar-refractivity contribution is 5.94. The first kappa shape index (κ1) is 16.1. The summed E-state index contributed by atoms with van der Waals surface area (Å²) >= 11 is 0. The minimum Gasteiger partial charge on any atom is -0.339 e. The lowest BCUT2D eigenvalue weighted by Gasteiger charge is -2.27. The van der Waals surface area contributed by atoms with Crippen LogP contribution < -0.4 is 0 Å². The molecule has 2 rings (SSSR count). The van der Waals surface area contributed by atoms with Crippen molar-refractivity contribution >= 4 is 5.91 Å². The van der Waals surface area contributed by atoms with Crippen LogP contribution in [0.15, 0.2) is 24.3 Å². The number of carbonyl (C=O) groups is 1. The second-order valence-electron chi connectivity index (χ2n) is 7.14. The van der Waals surface area contributed by atoms with Gasteiger partial charge in [0.1, 0.15) is 0 Å². The van der Waals surface area contributed by atoms with Crippen molar-refractivity contribution in [1.82, 2.24) is 4.90 Å². The highest BCUT2D eigenvalue weighted by Gasteiger charge is 2.20. The second kappa shape index (κ2) is 7.11. The van der Waals surface area contributed by atoms with Gasteiger partial charge >= 0.3 is 0 Å². The van der Waals surface area contributed by atoms with Crippen LogP contribution in [0.4, 0.5) is 0 Å². The zero-order valence-electron chi connectivity index (χ0n) is 13.8. The van der Waals surface area contributed by atoms with Gasteiger partial charge in [-0.2, -0.15) is 0 Å². The zero-order chi connectivity index (χ0) is 15.3. The second-order valence-corrected chi connectivity index (χ2v) is 7.14. The lowest BCUT2D eigenvalue weighted by atomic mass is 9.81. The molecule has 0 unspecified atom stereocenters. The highest BCUT2D eigenvalue weighted by atomic mass is 16.2. The van der Waals surface area contributed by atoms with E-state index in [1.54, 1.807) is 0 Å². The van der Waals surface area contributed by atoms with Crippen molar-refractivity contribution in [1.29, 1.82) is 0 Å². The first-order valence-electron chi connectivity index (χ1n) is 8.40. The van der Waals surface area contributed by atoms with Gasteiger partial charge in [-0.25, -0.2) is 0 Å². The fourth-order valence-electron chi connectivity index (χ4n) is 3.41. The van der Waals surface area contributed by atoms with Crippen LogP contribution in [0.3, 0.4) is 0 Å². The van der Waals surface area contributed by atoms with E-state index in [0.29, 0.717) is 5.41 Å². The van der Waals surface area contributed by atoms with Gasteiger partial charge in [-0.3, -0.25) is 4.79 Å². The van der Waals surface area contributed by atoms with Crippen LogP contribution in [-0.2, 0) is 6.42 Å². The molecular weight excluding hydrogens is 258 g/mol. The third-order valence-electron chi connectivity index (χ3n) is 4.43. The number of nitrogens with zero attached hydrogens (tertiary/aromatic N) is 1. The molecule has 21 heavy (non-hydrogen) atoms. The van der Waals surface area contributed by atoms with Gasteiger partial charge in [0.15, 0.2) is 0 Å². The number of hydrogen-bond acceptors (Lipinski definition) is 1. The van der Waals surface area contributed by atoms with Gasteiger partial charge in [-0.05, 0) is 55.2 Å². The number of benzene rings is 1. The van der Waals surface area contributed by atoms with Crippen molar-refractivity contribution < 1.29 is 4.79 Å². The minimum absolute atomic E-state index is 0.213. The molecule has 0 N–H and O–H groups in total. The molecule has 0 bridgehead atoms. The van der Waals surface area contributed by atoms with Crippen LogP contribution in [0.25, 0.3) is 0 Å². The van der Waals surface area contributed by atoms with Crippen molar-refractivity contribution in [3.63, 3.8) is 0 Å². The summed E-state index contributed by atoms with van der Waals surface area (Å²) in [4.78, 5) is 14.6. The van der Waals surface area contributed by atoms with Crippen LogP contribution in [-0.4, -0.2) is 23.9 Å². The average Bonchev–Trinajstić information content (AvgIpc) is 2.47. The van der Waals surface area contributed by atoms with E-state index >= 15 is 0 Å². The van der Waals surface area contributed by atoms with E-state index in [0.717, 1.165) is 37.9 Å². The molecule has 1 fully saturated rings. The molecule has 0 radical (unpaired) electrons. The molecule has 0 spiro atoms. The van der Waals surface area contributed by atoms with Crippen molar-refractivity contribution in [3.8, 4) is 0 Å². The normalized spacial score (nSPS) is 16.0. The summed E-state index contributed by atoms with van der Waals surface area (Å²) in [7, 11) is 0. The lowest BCUT2D eigenvalue weighted by molar-refractivity contribution is 0.0724. The van der Waals surface area contributed by atoms with E-state index in [2.05, 4.69) is 32.9 Å². The Labute approximate surface area is 129 Å². The predicted molar refractivity (Wildman–Crippen MR) is 88.6 cm³/mol. The Morgan fingerprint density at radius 3 is 2.57 bits per heavy atom. The van der Waals surface area contributed by atoms with Crippen LogP contribution in [0.2, 0.25) is 0 Å². The Morgan fingerprint density at radius 1 is 1.19 bits per heavy atom. The maximum Gasteiger partial charge on any atom is 0.253 e. The molecule has 116 valence electrons. The topological polar surface area (TPSA) is 20.3 Å². The Balaban J connectivity index is 2.08. The molecule has 0 aliphatic carbocycles. The third kappa shape index (κ3) is 4.59. The van der Waals surface area contributed by atoms with E-state index in [9.17, 15) is 4.79 Å². The summed E-state index contributed by atoms with van der Waals surface area (Å²) in [5.41, 5.74) is 2.46. The Morgan fingerprint density at radius 2 is 1.90 bits per heavy atom. The van der Waals surface area contributed by atoms with E-state index < -0.39 is 0 Å². The zero-order valence-corrected chi connectivity index (χ0v) is 13.8. The average molecular weight is 287 g/mol. The fourth-order valence-corrected chi connectivity index (χ4v) is 3.41. The summed E-state index contributed by atoms with van der Waals surface area (Å²) < 4.78 is 0. The Kier molecular flexibility index (Phi) is 5.44. The minimum atomic E-state index is 0.213. The predicted octanol–water partition coefficient (Wildman–Crippen LogP) is 4.68.